The maximum atomic E-state index is 12.8. The van der Waals surface area contributed by atoms with Gasteiger partial charge in [0.1, 0.15) is 5.75 Å². The highest BCUT2D eigenvalue weighted by Gasteiger charge is 2.28. The molecule has 1 amide bonds. The first kappa shape index (κ1) is 15.6. The molecule has 120 valence electrons. The van der Waals surface area contributed by atoms with Crippen molar-refractivity contribution in [1.82, 2.24) is 4.90 Å². The lowest BCUT2D eigenvalue weighted by molar-refractivity contribution is 0.0504. The molecule has 2 aromatic rings. The predicted molar refractivity (Wildman–Crippen MR) is 88.0 cm³/mol. The normalized spacial score (nSPS) is 16.0. The van der Waals surface area contributed by atoms with Gasteiger partial charge in [-0.25, -0.2) is 0 Å². The van der Waals surface area contributed by atoms with E-state index in [2.05, 4.69) is 0 Å². The van der Waals surface area contributed by atoms with Gasteiger partial charge in [-0.05, 0) is 42.7 Å². The molecule has 1 aliphatic rings. The van der Waals surface area contributed by atoms with E-state index in [-0.39, 0.29) is 11.7 Å². The molecule has 0 saturated carbocycles. The molecule has 1 heterocycles. The molecular formula is C19H21NO3. The maximum absolute atomic E-state index is 12.8. The highest BCUT2D eigenvalue weighted by atomic mass is 16.3. The maximum Gasteiger partial charge on any atom is 0.254 e. The van der Waals surface area contributed by atoms with E-state index in [1.165, 1.54) is 17.2 Å². The van der Waals surface area contributed by atoms with Crippen molar-refractivity contribution in [3.63, 3.8) is 0 Å². The van der Waals surface area contributed by atoms with Crippen LogP contribution in [0.25, 0.3) is 0 Å². The lowest BCUT2D eigenvalue weighted by Crippen LogP contribution is -2.26. The zero-order valence-corrected chi connectivity index (χ0v) is 13.4. The SMILES string of the molecule is CCC(C)(O)c1cc(C(=O)N2Cc3ccccc3C2)ccc1O. The van der Waals surface area contributed by atoms with E-state index in [0.29, 0.717) is 30.6 Å². The zero-order chi connectivity index (χ0) is 16.6. The number of phenols is 1. The van der Waals surface area contributed by atoms with Crippen LogP contribution < -0.4 is 0 Å². The minimum atomic E-state index is -1.16. The van der Waals surface area contributed by atoms with Crippen molar-refractivity contribution in [2.24, 2.45) is 0 Å². The van der Waals surface area contributed by atoms with Crippen LogP contribution in [0.1, 0.15) is 47.3 Å². The van der Waals surface area contributed by atoms with Gasteiger partial charge in [0.15, 0.2) is 0 Å². The summed E-state index contributed by atoms with van der Waals surface area (Å²) in [5.74, 6) is -0.0764. The smallest absolute Gasteiger partial charge is 0.254 e. The Hall–Kier alpha value is -2.33. The molecular weight excluding hydrogens is 290 g/mol. The molecule has 0 aliphatic carbocycles. The lowest BCUT2D eigenvalue weighted by Gasteiger charge is -2.24. The van der Waals surface area contributed by atoms with Crippen molar-refractivity contribution in [3.8, 4) is 5.75 Å². The molecule has 1 aliphatic heterocycles. The van der Waals surface area contributed by atoms with Crippen molar-refractivity contribution >= 4 is 5.91 Å². The average Bonchev–Trinajstić information content (AvgIpc) is 2.98. The monoisotopic (exact) mass is 311 g/mol. The molecule has 0 fully saturated rings. The number of rotatable bonds is 3. The Labute approximate surface area is 136 Å². The molecule has 0 bridgehead atoms. The van der Waals surface area contributed by atoms with Crippen LogP contribution in [0.15, 0.2) is 42.5 Å². The number of aromatic hydroxyl groups is 1. The van der Waals surface area contributed by atoms with Gasteiger partial charge in [-0.3, -0.25) is 4.79 Å². The summed E-state index contributed by atoms with van der Waals surface area (Å²) >= 11 is 0. The van der Waals surface area contributed by atoms with Crippen LogP contribution in [0.3, 0.4) is 0 Å². The van der Waals surface area contributed by atoms with Crippen LogP contribution in [0, 0.1) is 0 Å². The fourth-order valence-corrected chi connectivity index (χ4v) is 2.95. The minimum absolute atomic E-state index is 0.0121. The van der Waals surface area contributed by atoms with Crippen molar-refractivity contribution in [2.45, 2.75) is 39.0 Å². The highest BCUT2D eigenvalue weighted by molar-refractivity contribution is 5.95. The average molecular weight is 311 g/mol. The second-order valence-corrected chi connectivity index (χ2v) is 6.29. The summed E-state index contributed by atoms with van der Waals surface area (Å²) in [5.41, 5.74) is 2.05. The third-order valence-corrected chi connectivity index (χ3v) is 4.64. The molecule has 2 N–H and O–H groups in total. The van der Waals surface area contributed by atoms with Gasteiger partial charge in [0.25, 0.3) is 5.91 Å². The van der Waals surface area contributed by atoms with Crippen LogP contribution in [0.5, 0.6) is 5.75 Å². The first-order valence-corrected chi connectivity index (χ1v) is 7.84. The topological polar surface area (TPSA) is 60.8 Å². The van der Waals surface area contributed by atoms with Crippen molar-refractivity contribution < 1.29 is 15.0 Å². The summed E-state index contributed by atoms with van der Waals surface area (Å²) in [6.07, 6.45) is 0.452. The fourth-order valence-electron chi connectivity index (χ4n) is 2.95. The molecule has 3 rings (SSSR count). The summed E-state index contributed by atoms with van der Waals surface area (Å²) in [6.45, 7) is 4.66. The number of carbonyl (C=O) groups is 1. The summed E-state index contributed by atoms with van der Waals surface area (Å²) in [4.78, 5) is 14.5. The molecule has 4 heteroatoms. The fraction of sp³-hybridized carbons (Fsp3) is 0.316. The van der Waals surface area contributed by atoms with Gasteiger partial charge in [-0.2, -0.15) is 0 Å². The van der Waals surface area contributed by atoms with E-state index in [0.717, 1.165) is 0 Å². The molecule has 1 atom stereocenters. The van der Waals surface area contributed by atoms with Crippen molar-refractivity contribution in [3.05, 3.63) is 64.7 Å². The Balaban J connectivity index is 1.88. The Morgan fingerprint density at radius 3 is 2.35 bits per heavy atom. The Morgan fingerprint density at radius 2 is 1.78 bits per heavy atom. The summed E-state index contributed by atoms with van der Waals surface area (Å²) < 4.78 is 0. The van der Waals surface area contributed by atoms with Crippen LogP contribution in [-0.2, 0) is 18.7 Å². The van der Waals surface area contributed by atoms with Crippen molar-refractivity contribution in [2.75, 3.05) is 0 Å². The molecule has 0 saturated heterocycles. The number of carbonyl (C=O) groups excluding carboxylic acids is 1. The molecule has 0 radical (unpaired) electrons. The van der Waals surface area contributed by atoms with E-state index in [1.54, 1.807) is 24.0 Å². The van der Waals surface area contributed by atoms with Crippen LogP contribution in [0.4, 0.5) is 0 Å². The third kappa shape index (κ3) is 2.82. The third-order valence-electron chi connectivity index (χ3n) is 4.64. The molecule has 0 aromatic heterocycles. The molecule has 1 unspecified atom stereocenters. The zero-order valence-electron chi connectivity index (χ0n) is 13.4. The molecule has 4 nitrogen and oxygen atoms in total. The quantitative estimate of drug-likeness (QED) is 0.915. The summed E-state index contributed by atoms with van der Waals surface area (Å²) in [5, 5.41) is 20.4. The minimum Gasteiger partial charge on any atom is -0.508 e. The number of nitrogens with zero attached hydrogens (tertiary/aromatic N) is 1. The lowest BCUT2D eigenvalue weighted by atomic mass is 9.91. The Bertz CT molecular complexity index is 727. The van der Waals surface area contributed by atoms with Crippen LogP contribution in [0.2, 0.25) is 0 Å². The van der Waals surface area contributed by atoms with Crippen molar-refractivity contribution in [1.29, 1.82) is 0 Å². The van der Waals surface area contributed by atoms with E-state index in [4.69, 9.17) is 0 Å². The number of fused-ring (bicyclic) bond motifs is 1. The Morgan fingerprint density at radius 1 is 1.17 bits per heavy atom. The highest BCUT2D eigenvalue weighted by Crippen LogP contribution is 2.33. The number of aliphatic hydroxyl groups is 1. The second kappa shape index (κ2) is 5.70. The standard InChI is InChI=1S/C19H21NO3/c1-3-19(2,23)16-10-13(8-9-17(16)21)18(22)20-11-14-6-4-5-7-15(14)12-20/h4-10,21,23H,3,11-12H2,1-2H3. The number of amides is 1. The summed E-state index contributed by atoms with van der Waals surface area (Å²) in [7, 11) is 0. The van der Waals surface area contributed by atoms with Gasteiger partial charge < -0.3 is 15.1 Å². The van der Waals surface area contributed by atoms with E-state index < -0.39 is 5.60 Å². The number of phenolic OH excluding ortho intramolecular Hbond substituents is 1. The second-order valence-electron chi connectivity index (χ2n) is 6.29. The van der Waals surface area contributed by atoms with E-state index in [1.807, 2.05) is 31.2 Å². The van der Waals surface area contributed by atoms with Gasteiger partial charge in [-0.15, -0.1) is 0 Å². The molecule has 23 heavy (non-hydrogen) atoms. The van der Waals surface area contributed by atoms with Gasteiger partial charge in [0.2, 0.25) is 0 Å². The van der Waals surface area contributed by atoms with Gasteiger partial charge >= 0.3 is 0 Å². The number of hydrogen-bond donors (Lipinski definition) is 2. The largest absolute Gasteiger partial charge is 0.508 e. The van der Waals surface area contributed by atoms with Crippen LogP contribution >= 0.6 is 0 Å². The predicted octanol–water partition coefficient (Wildman–Crippen LogP) is 3.17. The van der Waals surface area contributed by atoms with Gasteiger partial charge in [-0.1, -0.05) is 31.2 Å². The van der Waals surface area contributed by atoms with Gasteiger partial charge in [0.05, 0.1) is 5.60 Å². The first-order chi connectivity index (χ1) is 10.9. The Kier molecular flexibility index (Phi) is 3.86. The van der Waals surface area contributed by atoms with E-state index >= 15 is 0 Å². The molecule has 0 spiro atoms. The molecule has 2 aromatic carbocycles. The van der Waals surface area contributed by atoms with Crippen LogP contribution in [-0.4, -0.2) is 21.0 Å². The number of hydrogen-bond acceptors (Lipinski definition) is 3. The van der Waals surface area contributed by atoms with E-state index in [9.17, 15) is 15.0 Å². The van der Waals surface area contributed by atoms with Gasteiger partial charge in [0, 0.05) is 24.2 Å². The summed E-state index contributed by atoms with van der Waals surface area (Å²) in [6, 6.07) is 12.7. The number of benzene rings is 2. The first-order valence-electron chi connectivity index (χ1n) is 7.84.